The van der Waals surface area contributed by atoms with Gasteiger partial charge in [0.1, 0.15) is 0 Å². The van der Waals surface area contributed by atoms with Crippen molar-refractivity contribution in [2.24, 2.45) is 5.92 Å². The summed E-state index contributed by atoms with van der Waals surface area (Å²) in [4.78, 5) is 24.3. The molecule has 20 heavy (non-hydrogen) atoms. The first kappa shape index (κ1) is 14.8. The van der Waals surface area contributed by atoms with E-state index in [1.807, 2.05) is 0 Å². The number of hydrogen-bond acceptors (Lipinski definition) is 3. The normalized spacial score (nSPS) is 18.3. The molecule has 1 fully saturated rings. The molecule has 1 aliphatic rings. The predicted octanol–water partition coefficient (Wildman–Crippen LogP) is 3.51. The van der Waals surface area contributed by atoms with Crippen LogP contribution in [-0.2, 0) is 0 Å². The summed E-state index contributed by atoms with van der Waals surface area (Å²) in [5.74, 6) is 0.421. The zero-order valence-electron chi connectivity index (χ0n) is 11.3. The van der Waals surface area contributed by atoms with Gasteiger partial charge in [0.25, 0.3) is 11.6 Å². The average Bonchev–Trinajstić information content (AvgIpc) is 2.87. The van der Waals surface area contributed by atoms with Gasteiger partial charge in [0.15, 0.2) is 0 Å². The number of carbonyl (C=O) groups is 1. The summed E-state index contributed by atoms with van der Waals surface area (Å²) >= 11 is 5.99. The predicted molar refractivity (Wildman–Crippen MR) is 77.0 cm³/mol. The van der Waals surface area contributed by atoms with E-state index in [1.165, 1.54) is 18.2 Å². The molecule has 1 heterocycles. The molecule has 108 valence electrons. The van der Waals surface area contributed by atoms with Gasteiger partial charge in [-0.05, 0) is 24.8 Å². The van der Waals surface area contributed by atoms with E-state index in [9.17, 15) is 14.9 Å². The van der Waals surface area contributed by atoms with E-state index < -0.39 is 4.92 Å². The van der Waals surface area contributed by atoms with Crippen LogP contribution in [0.2, 0.25) is 5.02 Å². The molecule has 1 amide bonds. The fourth-order valence-corrected chi connectivity index (χ4v) is 2.88. The smallest absolute Gasteiger partial charge is 0.270 e. The molecule has 0 saturated carbocycles. The van der Waals surface area contributed by atoms with Crippen molar-refractivity contribution in [3.63, 3.8) is 0 Å². The van der Waals surface area contributed by atoms with Gasteiger partial charge in [-0.15, -0.1) is 0 Å². The minimum Gasteiger partial charge on any atom is -0.338 e. The summed E-state index contributed by atoms with van der Waals surface area (Å²) in [6.07, 6.45) is 3.26. The summed E-state index contributed by atoms with van der Waals surface area (Å²) in [5.41, 5.74) is 0.242. The van der Waals surface area contributed by atoms with Gasteiger partial charge >= 0.3 is 0 Å². The van der Waals surface area contributed by atoms with Gasteiger partial charge in [0.05, 0.1) is 15.5 Å². The van der Waals surface area contributed by atoms with Crippen molar-refractivity contribution in [1.29, 1.82) is 0 Å². The first-order valence-corrected chi connectivity index (χ1v) is 7.14. The van der Waals surface area contributed by atoms with E-state index in [-0.39, 0.29) is 16.6 Å². The second-order valence-electron chi connectivity index (χ2n) is 5.12. The van der Waals surface area contributed by atoms with E-state index in [0.717, 1.165) is 32.4 Å². The summed E-state index contributed by atoms with van der Waals surface area (Å²) < 4.78 is 0. The maximum Gasteiger partial charge on any atom is 0.270 e. The fourth-order valence-electron chi connectivity index (χ4n) is 2.62. The number of nitrogens with zero attached hydrogens (tertiary/aromatic N) is 2. The number of amides is 1. The zero-order valence-corrected chi connectivity index (χ0v) is 12.1. The molecule has 1 saturated heterocycles. The summed E-state index contributed by atoms with van der Waals surface area (Å²) in [6.45, 7) is 3.62. The lowest BCUT2D eigenvalue weighted by molar-refractivity contribution is -0.384. The fraction of sp³-hybridized carbons (Fsp3) is 0.500. The first-order chi connectivity index (χ1) is 9.52. The lowest BCUT2D eigenvalue weighted by atomic mass is 10.0. The van der Waals surface area contributed by atoms with E-state index in [2.05, 4.69) is 6.92 Å². The zero-order chi connectivity index (χ0) is 14.7. The van der Waals surface area contributed by atoms with Crippen molar-refractivity contribution < 1.29 is 9.72 Å². The lowest BCUT2D eigenvalue weighted by Crippen LogP contribution is -2.28. The Morgan fingerprint density at radius 2 is 2.30 bits per heavy atom. The Kier molecular flexibility index (Phi) is 4.60. The molecule has 0 bridgehead atoms. The number of hydrogen-bond donors (Lipinski definition) is 0. The SMILES string of the molecule is CCCC1CCN(C(=O)c2ccc([N+](=O)[O-])cc2Cl)C1. The molecular formula is C14H17ClN2O3. The molecule has 0 spiro atoms. The molecule has 5 nitrogen and oxygen atoms in total. The topological polar surface area (TPSA) is 63.5 Å². The van der Waals surface area contributed by atoms with Crippen molar-refractivity contribution in [2.45, 2.75) is 26.2 Å². The molecular weight excluding hydrogens is 280 g/mol. The Morgan fingerprint density at radius 1 is 1.55 bits per heavy atom. The summed E-state index contributed by atoms with van der Waals surface area (Å²) in [7, 11) is 0. The second-order valence-corrected chi connectivity index (χ2v) is 5.52. The number of nitro groups is 1. The highest BCUT2D eigenvalue weighted by Crippen LogP contribution is 2.27. The molecule has 1 aromatic rings. The van der Waals surface area contributed by atoms with E-state index in [1.54, 1.807) is 4.90 Å². The molecule has 1 atom stereocenters. The number of carbonyl (C=O) groups excluding carboxylic acids is 1. The molecule has 0 aliphatic carbocycles. The van der Waals surface area contributed by atoms with Crippen LogP contribution in [0, 0.1) is 16.0 Å². The number of halogens is 1. The van der Waals surface area contributed by atoms with Gasteiger partial charge in [0, 0.05) is 25.2 Å². The molecule has 0 aromatic heterocycles. The van der Waals surface area contributed by atoms with Gasteiger partial charge in [-0.1, -0.05) is 24.9 Å². The van der Waals surface area contributed by atoms with Gasteiger partial charge in [0.2, 0.25) is 0 Å². The van der Waals surface area contributed by atoms with Crippen LogP contribution in [0.1, 0.15) is 36.5 Å². The number of rotatable bonds is 4. The highest BCUT2D eigenvalue weighted by atomic mass is 35.5. The molecule has 1 aliphatic heterocycles. The molecule has 1 unspecified atom stereocenters. The maximum atomic E-state index is 12.4. The monoisotopic (exact) mass is 296 g/mol. The van der Waals surface area contributed by atoms with Crippen molar-refractivity contribution >= 4 is 23.2 Å². The highest BCUT2D eigenvalue weighted by Gasteiger charge is 2.27. The molecule has 1 aromatic carbocycles. The second kappa shape index (κ2) is 6.22. The number of nitro benzene ring substituents is 1. The Labute approximate surface area is 122 Å². The van der Waals surface area contributed by atoms with Crippen molar-refractivity contribution in [1.82, 2.24) is 4.90 Å². The third kappa shape index (κ3) is 3.10. The molecule has 0 radical (unpaired) electrons. The van der Waals surface area contributed by atoms with Crippen LogP contribution in [-0.4, -0.2) is 28.8 Å². The molecule has 6 heteroatoms. The van der Waals surface area contributed by atoms with E-state index >= 15 is 0 Å². The third-order valence-corrected chi connectivity index (χ3v) is 3.98. The largest absolute Gasteiger partial charge is 0.338 e. The minimum absolute atomic E-state index is 0.100. The van der Waals surface area contributed by atoms with Crippen LogP contribution >= 0.6 is 11.6 Å². The van der Waals surface area contributed by atoms with Crippen molar-refractivity contribution in [2.75, 3.05) is 13.1 Å². The number of non-ortho nitro benzene ring substituents is 1. The van der Waals surface area contributed by atoms with Crippen LogP contribution in [0.5, 0.6) is 0 Å². The lowest BCUT2D eigenvalue weighted by Gasteiger charge is -2.17. The standard InChI is InChI=1S/C14H17ClN2O3/c1-2-3-10-6-7-16(9-10)14(18)12-5-4-11(17(19)20)8-13(12)15/h4-5,8,10H,2-3,6-7,9H2,1H3. The number of benzene rings is 1. The summed E-state index contributed by atoms with van der Waals surface area (Å²) in [5, 5.41) is 10.8. The van der Waals surface area contributed by atoms with Crippen LogP contribution < -0.4 is 0 Å². The molecule has 0 N–H and O–H groups in total. The van der Waals surface area contributed by atoms with Gasteiger partial charge in [-0.3, -0.25) is 14.9 Å². The van der Waals surface area contributed by atoms with Crippen LogP contribution in [0.25, 0.3) is 0 Å². The quantitative estimate of drug-likeness (QED) is 0.631. The van der Waals surface area contributed by atoms with Crippen molar-refractivity contribution in [3.05, 3.63) is 38.9 Å². The first-order valence-electron chi connectivity index (χ1n) is 6.76. The van der Waals surface area contributed by atoms with Crippen LogP contribution in [0.3, 0.4) is 0 Å². The minimum atomic E-state index is -0.521. The van der Waals surface area contributed by atoms with Crippen LogP contribution in [0.15, 0.2) is 18.2 Å². The van der Waals surface area contributed by atoms with Crippen molar-refractivity contribution in [3.8, 4) is 0 Å². The summed E-state index contributed by atoms with van der Waals surface area (Å²) in [6, 6.07) is 3.99. The Bertz CT molecular complexity index is 533. The number of likely N-dealkylation sites (tertiary alicyclic amines) is 1. The van der Waals surface area contributed by atoms with Gasteiger partial charge in [-0.2, -0.15) is 0 Å². The highest BCUT2D eigenvalue weighted by molar-refractivity contribution is 6.34. The third-order valence-electron chi connectivity index (χ3n) is 3.66. The Morgan fingerprint density at radius 3 is 2.90 bits per heavy atom. The molecule has 2 rings (SSSR count). The van der Waals surface area contributed by atoms with Gasteiger partial charge in [-0.25, -0.2) is 0 Å². The van der Waals surface area contributed by atoms with E-state index in [4.69, 9.17) is 11.6 Å². The average molecular weight is 297 g/mol. The Hall–Kier alpha value is -1.62. The van der Waals surface area contributed by atoms with Gasteiger partial charge < -0.3 is 4.90 Å². The maximum absolute atomic E-state index is 12.4. The Balaban J connectivity index is 2.12. The van der Waals surface area contributed by atoms with Crippen LogP contribution in [0.4, 0.5) is 5.69 Å². The van der Waals surface area contributed by atoms with E-state index in [0.29, 0.717) is 11.5 Å².